The fourth-order valence-corrected chi connectivity index (χ4v) is 1.45. The third kappa shape index (κ3) is 3.95. The van der Waals surface area contributed by atoms with Crippen LogP contribution in [0.3, 0.4) is 0 Å². The minimum atomic E-state index is -0.846. The van der Waals surface area contributed by atoms with Crippen LogP contribution in [0.4, 0.5) is 0 Å². The first-order valence-electron chi connectivity index (χ1n) is 5.47. The Labute approximate surface area is 87.1 Å². The molecule has 3 unspecified atom stereocenters. The van der Waals surface area contributed by atoms with E-state index in [0.717, 1.165) is 12.8 Å². The molecule has 14 heavy (non-hydrogen) atoms. The molecular formula is C11H24O3. The van der Waals surface area contributed by atoms with Gasteiger partial charge in [-0.2, -0.15) is 0 Å². The van der Waals surface area contributed by atoms with Gasteiger partial charge in [0.1, 0.15) is 0 Å². The Hall–Kier alpha value is -0.120. The zero-order chi connectivity index (χ0) is 11.4. The lowest BCUT2D eigenvalue weighted by atomic mass is 9.90. The lowest BCUT2D eigenvalue weighted by Gasteiger charge is -2.37. The predicted molar refractivity (Wildman–Crippen MR) is 56.9 cm³/mol. The SMILES string of the molecule is CC.CC1CCC(C(C)(C)O)OC1O. The van der Waals surface area contributed by atoms with Gasteiger partial charge >= 0.3 is 0 Å². The largest absolute Gasteiger partial charge is 0.388 e. The molecule has 1 aliphatic heterocycles. The minimum absolute atomic E-state index is 0.184. The fraction of sp³-hybridized carbons (Fsp3) is 1.00. The van der Waals surface area contributed by atoms with Crippen LogP contribution in [-0.2, 0) is 4.74 Å². The molecule has 3 atom stereocenters. The van der Waals surface area contributed by atoms with Gasteiger partial charge in [0.15, 0.2) is 6.29 Å². The minimum Gasteiger partial charge on any atom is -0.388 e. The third-order valence-electron chi connectivity index (χ3n) is 2.46. The van der Waals surface area contributed by atoms with Crippen LogP contribution in [0.15, 0.2) is 0 Å². The molecule has 0 saturated carbocycles. The third-order valence-corrected chi connectivity index (χ3v) is 2.46. The second-order valence-corrected chi connectivity index (χ2v) is 4.22. The maximum atomic E-state index is 9.61. The molecule has 1 rings (SSSR count). The molecule has 0 amide bonds. The van der Waals surface area contributed by atoms with Crippen molar-refractivity contribution in [3.05, 3.63) is 0 Å². The quantitative estimate of drug-likeness (QED) is 0.686. The maximum Gasteiger partial charge on any atom is 0.157 e. The predicted octanol–water partition coefficient (Wildman–Crippen LogP) is 1.92. The molecule has 1 heterocycles. The summed E-state index contributed by atoms with van der Waals surface area (Å²) >= 11 is 0. The average molecular weight is 204 g/mol. The molecule has 1 aliphatic rings. The highest BCUT2D eigenvalue weighted by Gasteiger charge is 2.35. The highest BCUT2D eigenvalue weighted by atomic mass is 16.6. The van der Waals surface area contributed by atoms with Crippen LogP contribution >= 0.6 is 0 Å². The number of hydrogen-bond acceptors (Lipinski definition) is 3. The second-order valence-electron chi connectivity index (χ2n) is 4.22. The maximum absolute atomic E-state index is 9.61. The van der Waals surface area contributed by atoms with E-state index in [-0.39, 0.29) is 12.0 Å². The number of aliphatic hydroxyl groups is 2. The normalized spacial score (nSPS) is 33.2. The lowest BCUT2D eigenvalue weighted by Crippen LogP contribution is -2.45. The lowest BCUT2D eigenvalue weighted by molar-refractivity contribution is -0.230. The summed E-state index contributed by atoms with van der Waals surface area (Å²) in [7, 11) is 0. The van der Waals surface area contributed by atoms with Crippen LogP contribution in [0.2, 0.25) is 0 Å². The van der Waals surface area contributed by atoms with E-state index in [2.05, 4.69) is 0 Å². The summed E-state index contributed by atoms with van der Waals surface area (Å²) in [6, 6.07) is 0. The molecule has 3 heteroatoms. The monoisotopic (exact) mass is 204 g/mol. The van der Waals surface area contributed by atoms with Crippen molar-refractivity contribution in [2.75, 3.05) is 0 Å². The van der Waals surface area contributed by atoms with Gasteiger partial charge in [-0.1, -0.05) is 20.8 Å². The number of ether oxygens (including phenoxy) is 1. The van der Waals surface area contributed by atoms with Crippen molar-refractivity contribution < 1.29 is 14.9 Å². The summed E-state index contributed by atoms with van der Waals surface area (Å²) in [4.78, 5) is 0. The second kappa shape index (κ2) is 5.69. The summed E-state index contributed by atoms with van der Waals surface area (Å²) in [5, 5.41) is 19.0. The zero-order valence-corrected chi connectivity index (χ0v) is 9.95. The molecule has 2 N–H and O–H groups in total. The van der Waals surface area contributed by atoms with Crippen molar-refractivity contribution in [3.8, 4) is 0 Å². The summed E-state index contributed by atoms with van der Waals surface area (Å²) < 4.78 is 5.27. The fourth-order valence-electron chi connectivity index (χ4n) is 1.45. The van der Waals surface area contributed by atoms with Gasteiger partial charge in [0.25, 0.3) is 0 Å². The van der Waals surface area contributed by atoms with E-state index < -0.39 is 11.9 Å². The van der Waals surface area contributed by atoms with Crippen LogP contribution in [0.25, 0.3) is 0 Å². The van der Waals surface area contributed by atoms with Crippen molar-refractivity contribution in [1.29, 1.82) is 0 Å². The highest BCUT2D eigenvalue weighted by molar-refractivity contribution is 4.82. The number of rotatable bonds is 1. The van der Waals surface area contributed by atoms with Gasteiger partial charge in [0.05, 0.1) is 11.7 Å². The molecule has 0 aliphatic carbocycles. The first-order chi connectivity index (χ1) is 6.41. The molecule has 0 aromatic heterocycles. The Kier molecular flexibility index (Phi) is 5.64. The highest BCUT2D eigenvalue weighted by Crippen LogP contribution is 2.28. The van der Waals surface area contributed by atoms with Crippen molar-refractivity contribution in [2.45, 2.75) is 65.5 Å². The molecule has 1 saturated heterocycles. The molecule has 0 bridgehead atoms. The number of hydrogen-bond donors (Lipinski definition) is 2. The van der Waals surface area contributed by atoms with E-state index in [1.165, 1.54) is 0 Å². The van der Waals surface area contributed by atoms with Crippen LogP contribution in [0.1, 0.15) is 47.5 Å². The summed E-state index contributed by atoms with van der Waals surface area (Å²) in [6.45, 7) is 9.37. The first kappa shape index (κ1) is 13.9. The Morgan fingerprint density at radius 3 is 2.07 bits per heavy atom. The van der Waals surface area contributed by atoms with Crippen molar-refractivity contribution in [2.24, 2.45) is 5.92 Å². The standard InChI is InChI=1S/C9H18O3.C2H6/c1-6-4-5-7(9(2,3)11)12-8(6)10;1-2/h6-8,10-11H,4-5H2,1-3H3;1-2H3. The van der Waals surface area contributed by atoms with E-state index in [9.17, 15) is 10.2 Å². The molecule has 3 nitrogen and oxygen atoms in total. The van der Waals surface area contributed by atoms with Crippen LogP contribution in [0.5, 0.6) is 0 Å². The van der Waals surface area contributed by atoms with Gasteiger partial charge in [-0.15, -0.1) is 0 Å². The Morgan fingerprint density at radius 1 is 1.21 bits per heavy atom. The summed E-state index contributed by atoms with van der Waals surface area (Å²) in [5.74, 6) is 0.184. The first-order valence-corrected chi connectivity index (χ1v) is 5.47. The average Bonchev–Trinajstić information content (AvgIpc) is 2.11. The smallest absolute Gasteiger partial charge is 0.157 e. The summed E-state index contributed by atoms with van der Waals surface area (Å²) in [6.07, 6.45) is 0.788. The van der Waals surface area contributed by atoms with Gasteiger partial charge in [-0.05, 0) is 26.7 Å². The Balaban J connectivity index is 0.000000791. The Morgan fingerprint density at radius 2 is 1.71 bits per heavy atom. The number of aliphatic hydroxyl groups excluding tert-OH is 1. The topological polar surface area (TPSA) is 49.7 Å². The molecular weight excluding hydrogens is 180 g/mol. The molecule has 0 spiro atoms. The van der Waals surface area contributed by atoms with Gasteiger partial charge in [0, 0.05) is 5.92 Å². The molecule has 0 aromatic rings. The van der Waals surface area contributed by atoms with E-state index >= 15 is 0 Å². The van der Waals surface area contributed by atoms with Crippen molar-refractivity contribution in [3.63, 3.8) is 0 Å². The van der Waals surface area contributed by atoms with Crippen LogP contribution < -0.4 is 0 Å². The zero-order valence-electron chi connectivity index (χ0n) is 9.95. The molecule has 0 radical (unpaired) electrons. The van der Waals surface area contributed by atoms with E-state index in [1.54, 1.807) is 13.8 Å². The molecule has 0 aromatic carbocycles. The van der Waals surface area contributed by atoms with Gasteiger partial charge < -0.3 is 14.9 Å². The summed E-state index contributed by atoms with van der Waals surface area (Å²) in [5.41, 5.74) is -0.846. The molecule has 86 valence electrons. The van der Waals surface area contributed by atoms with Crippen molar-refractivity contribution >= 4 is 0 Å². The van der Waals surface area contributed by atoms with Gasteiger partial charge in [-0.3, -0.25) is 0 Å². The Bertz CT molecular complexity index is 151. The molecule has 1 fully saturated rings. The van der Waals surface area contributed by atoms with Crippen LogP contribution in [0, 0.1) is 5.92 Å². The van der Waals surface area contributed by atoms with E-state index in [0.29, 0.717) is 0 Å². The van der Waals surface area contributed by atoms with E-state index in [4.69, 9.17) is 4.74 Å². The van der Waals surface area contributed by atoms with Gasteiger partial charge in [0.2, 0.25) is 0 Å². The van der Waals surface area contributed by atoms with Crippen molar-refractivity contribution in [1.82, 2.24) is 0 Å². The van der Waals surface area contributed by atoms with Crippen LogP contribution in [-0.4, -0.2) is 28.2 Å². The van der Waals surface area contributed by atoms with E-state index in [1.807, 2.05) is 20.8 Å². The van der Waals surface area contributed by atoms with Gasteiger partial charge in [-0.25, -0.2) is 0 Å².